The van der Waals surface area contributed by atoms with Crippen LogP contribution in [0.5, 0.6) is 0 Å². The summed E-state index contributed by atoms with van der Waals surface area (Å²) in [5.41, 5.74) is 4.66. The maximum Gasteiger partial charge on any atom is 0.407 e. The largest absolute Gasteiger partial charge is 0.480 e. The summed E-state index contributed by atoms with van der Waals surface area (Å²) in [6, 6.07) is 16.2. The summed E-state index contributed by atoms with van der Waals surface area (Å²) in [6.45, 7) is 0.881. The third kappa shape index (κ3) is 5.82. The third-order valence-electron chi connectivity index (χ3n) is 6.90. The summed E-state index contributed by atoms with van der Waals surface area (Å²) in [5, 5.41) is 12.1. The first-order valence-electron chi connectivity index (χ1n) is 12.1. The van der Waals surface area contributed by atoms with Crippen LogP contribution in [0.4, 0.5) is 4.79 Å². The Labute approximate surface area is 205 Å². The molecule has 35 heavy (non-hydrogen) atoms. The van der Waals surface area contributed by atoms with E-state index in [1.807, 2.05) is 43.3 Å². The minimum absolute atomic E-state index is 0.00710. The topological polar surface area (TPSA) is 99.2 Å². The molecule has 2 aromatic carbocycles. The second kappa shape index (κ2) is 10.9. The number of hydrogen-bond donors (Lipinski definition) is 2. The molecule has 2 atom stereocenters. The Morgan fingerprint density at radius 1 is 0.971 bits per heavy atom. The van der Waals surface area contributed by atoms with Crippen LogP contribution >= 0.6 is 0 Å². The van der Waals surface area contributed by atoms with Crippen molar-refractivity contribution >= 4 is 18.0 Å². The molecule has 8 heteroatoms. The lowest BCUT2D eigenvalue weighted by molar-refractivity contribution is -0.146. The van der Waals surface area contributed by atoms with Crippen LogP contribution in [0.1, 0.15) is 36.3 Å². The summed E-state index contributed by atoms with van der Waals surface area (Å²) < 4.78 is 5.63. The summed E-state index contributed by atoms with van der Waals surface area (Å²) in [5.74, 6) is -1.49. The van der Waals surface area contributed by atoms with Gasteiger partial charge in [-0.15, -0.1) is 0 Å². The maximum atomic E-state index is 13.0. The van der Waals surface area contributed by atoms with Crippen LogP contribution in [0.25, 0.3) is 11.1 Å². The zero-order chi connectivity index (χ0) is 24.9. The van der Waals surface area contributed by atoms with Crippen molar-refractivity contribution in [3.8, 4) is 11.1 Å². The Kier molecular flexibility index (Phi) is 7.70. The van der Waals surface area contributed by atoms with Gasteiger partial charge in [-0.05, 0) is 55.6 Å². The molecule has 0 aliphatic heterocycles. The number of hydrogen-bond acceptors (Lipinski definition) is 5. The summed E-state index contributed by atoms with van der Waals surface area (Å²) in [6.07, 6.45) is 1.28. The van der Waals surface area contributed by atoms with Crippen LogP contribution in [0.2, 0.25) is 0 Å². The average Bonchev–Trinajstić information content (AvgIpc) is 3.42. The number of benzene rings is 2. The van der Waals surface area contributed by atoms with Gasteiger partial charge in [-0.2, -0.15) is 0 Å². The number of carbonyl (C=O) groups excluding carboxylic acids is 2. The molecule has 2 amide bonds. The minimum atomic E-state index is -1.02. The first-order chi connectivity index (χ1) is 16.8. The number of carboxylic acids is 1. The lowest BCUT2D eigenvalue weighted by Gasteiger charge is -2.25. The lowest BCUT2D eigenvalue weighted by atomic mass is 9.98. The van der Waals surface area contributed by atoms with Crippen LogP contribution in [-0.4, -0.2) is 79.3 Å². The van der Waals surface area contributed by atoms with Gasteiger partial charge in [0.15, 0.2) is 0 Å². The van der Waals surface area contributed by atoms with Crippen LogP contribution in [0, 0.1) is 5.92 Å². The molecule has 0 heterocycles. The second-order valence-electron chi connectivity index (χ2n) is 9.63. The van der Waals surface area contributed by atoms with Crippen LogP contribution in [-0.2, 0) is 14.3 Å². The van der Waals surface area contributed by atoms with Gasteiger partial charge in [0.05, 0.1) is 0 Å². The third-order valence-corrected chi connectivity index (χ3v) is 6.90. The summed E-state index contributed by atoms with van der Waals surface area (Å²) in [4.78, 5) is 40.1. The van der Waals surface area contributed by atoms with E-state index in [0.29, 0.717) is 32.4 Å². The van der Waals surface area contributed by atoms with Crippen molar-refractivity contribution in [1.29, 1.82) is 0 Å². The highest BCUT2D eigenvalue weighted by molar-refractivity contribution is 5.83. The highest BCUT2D eigenvalue weighted by atomic mass is 16.5. The van der Waals surface area contributed by atoms with Crippen molar-refractivity contribution in [2.24, 2.45) is 5.92 Å². The van der Waals surface area contributed by atoms with Gasteiger partial charge in [0, 0.05) is 31.0 Å². The van der Waals surface area contributed by atoms with E-state index in [-0.39, 0.29) is 36.9 Å². The number of aliphatic carboxylic acids is 1. The number of nitrogens with one attached hydrogen (secondary N) is 1. The van der Waals surface area contributed by atoms with Crippen molar-refractivity contribution in [3.63, 3.8) is 0 Å². The Balaban J connectivity index is 1.30. The Hall–Kier alpha value is -3.39. The number of likely N-dealkylation sites (N-methyl/N-ethyl adjacent to an activating group) is 1. The zero-order valence-electron chi connectivity index (χ0n) is 20.3. The van der Waals surface area contributed by atoms with Gasteiger partial charge in [-0.25, -0.2) is 4.79 Å². The van der Waals surface area contributed by atoms with Gasteiger partial charge in [0.2, 0.25) is 5.91 Å². The van der Waals surface area contributed by atoms with Gasteiger partial charge < -0.3 is 25.0 Å². The number of carboxylic acid groups (broad SMARTS) is 1. The predicted molar refractivity (Wildman–Crippen MR) is 132 cm³/mol. The predicted octanol–water partition coefficient (Wildman–Crippen LogP) is 3.17. The Bertz CT molecular complexity index is 1040. The fraction of sp³-hybridized carbons (Fsp3) is 0.444. The number of rotatable bonds is 9. The van der Waals surface area contributed by atoms with E-state index < -0.39 is 12.1 Å². The lowest BCUT2D eigenvalue weighted by Crippen LogP contribution is -2.43. The molecule has 0 aromatic heterocycles. The fourth-order valence-electron chi connectivity index (χ4n) is 5.15. The van der Waals surface area contributed by atoms with Gasteiger partial charge >= 0.3 is 12.1 Å². The van der Waals surface area contributed by atoms with E-state index in [9.17, 15) is 19.5 Å². The molecule has 1 saturated carbocycles. The molecular formula is C27H33N3O5. The molecule has 2 aromatic rings. The van der Waals surface area contributed by atoms with E-state index in [0.717, 1.165) is 11.1 Å². The SMILES string of the molecule is CN(C)CCN(CC(=O)O)C(=O)C1CCC(NC(=O)OCC2c3ccccc3-c3ccccc32)C1. The molecule has 2 aliphatic rings. The molecule has 0 bridgehead atoms. The zero-order valence-corrected chi connectivity index (χ0v) is 20.3. The van der Waals surface area contributed by atoms with Crippen molar-refractivity contribution in [3.05, 3.63) is 59.7 Å². The number of nitrogens with zero attached hydrogens (tertiary/aromatic N) is 2. The van der Waals surface area contributed by atoms with Gasteiger partial charge in [0.1, 0.15) is 13.2 Å². The molecular weight excluding hydrogens is 446 g/mol. The first kappa shape index (κ1) is 24.7. The van der Waals surface area contributed by atoms with E-state index in [4.69, 9.17) is 4.74 Å². The molecule has 1 fully saturated rings. The van der Waals surface area contributed by atoms with Crippen molar-refractivity contribution in [2.75, 3.05) is 40.3 Å². The minimum Gasteiger partial charge on any atom is -0.480 e. The molecule has 0 radical (unpaired) electrons. The van der Waals surface area contributed by atoms with Crippen molar-refractivity contribution in [1.82, 2.24) is 15.1 Å². The van der Waals surface area contributed by atoms with Crippen molar-refractivity contribution < 1.29 is 24.2 Å². The number of ether oxygens (including phenoxy) is 1. The fourth-order valence-corrected chi connectivity index (χ4v) is 5.15. The van der Waals surface area contributed by atoms with E-state index in [1.54, 1.807) is 0 Å². The smallest absolute Gasteiger partial charge is 0.407 e. The van der Waals surface area contributed by atoms with Crippen LogP contribution in [0.3, 0.4) is 0 Å². The van der Waals surface area contributed by atoms with Gasteiger partial charge in [0.25, 0.3) is 0 Å². The number of amides is 2. The Morgan fingerprint density at radius 2 is 1.60 bits per heavy atom. The molecule has 8 nitrogen and oxygen atoms in total. The monoisotopic (exact) mass is 479 g/mol. The summed E-state index contributed by atoms with van der Waals surface area (Å²) >= 11 is 0. The number of carbonyl (C=O) groups is 3. The maximum absolute atomic E-state index is 13.0. The second-order valence-corrected chi connectivity index (χ2v) is 9.63. The van der Waals surface area contributed by atoms with Gasteiger partial charge in [-0.3, -0.25) is 9.59 Å². The molecule has 0 spiro atoms. The van der Waals surface area contributed by atoms with Crippen molar-refractivity contribution in [2.45, 2.75) is 31.2 Å². The van der Waals surface area contributed by atoms with E-state index in [1.165, 1.54) is 16.0 Å². The van der Waals surface area contributed by atoms with Crippen LogP contribution < -0.4 is 5.32 Å². The quantitative estimate of drug-likeness (QED) is 0.573. The molecule has 2 N–H and O–H groups in total. The molecule has 0 saturated heterocycles. The normalized spacial score (nSPS) is 18.7. The summed E-state index contributed by atoms with van der Waals surface area (Å²) in [7, 11) is 3.76. The van der Waals surface area contributed by atoms with Crippen LogP contribution in [0.15, 0.2) is 48.5 Å². The van der Waals surface area contributed by atoms with E-state index >= 15 is 0 Å². The molecule has 186 valence electrons. The number of fused-ring (bicyclic) bond motifs is 3. The van der Waals surface area contributed by atoms with Gasteiger partial charge in [-0.1, -0.05) is 48.5 Å². The highest BCUT2D eigenvalue weighted by Crippen LogP contribution is 2.44. The first-order valence-corrected chi connectivity index (χ1v) is 12.1. The average molecular weight is 480 g/mol. The molecule has 2 unspecified atom stereocenters. The highest BCUT2D eigenvalue weighted by Gasteiger charge is 2.35. The Morgan fingerprint density at radius 3 is 2.20 bits per heavy atom. The molecule has 2 aliphatic carbocycles. The standard InChI is InChI=1S/C27H33N3O5/c1-29(2)13-14-30(16-25(31)32)26(33)18-11-12-19(15-18)28-27(34)35-17-24-22-9-5-3-7-20(22)21-8-4-6-10-23(21)24/h3-10,18-19,24H,11-17H2,1-2H3,(H,28,34)(H,31,32). The molecule has 4 rings (SSSR count). The number of alkyl carbamates (subject to hydrolysis) is 1. The van der Waals surface area contributed by atoms with E-state index in [2.05, 4.69) is 29.6 Å².